The Labute approximate surface area is 113 Å². The van der Waals surface area contributed by atoms with Gasteiger partial charge in [0.1, 0.15) is 0 Å². The van der Waals surface area contributed by atoms with Crippen LogP contribution in [0.25, 0.3) is 0 Å². The molecular weight excluding hydrogens is 222 g/mol. The normalized spacial score (nSPS) is 29.8. The Morgan fingerprint density at radius 1 is 1.39 bits per heavy atom. The molecular formula is C16H29NO. The van der Waals surface area contributed by atoms with Crippen LogP contribution in [0.4, 0.5) is 0 Å². The first-order valence-electron chi connectivity index (χ1n) is 7.49. The van der Waals surface area contributed by atoms with Crippen molar-refractivity contribution in [1.29, 1.82) is 0 Å². The molecule has 2 nitrogen and oxygen atoms in total. The van der Waals surface area contributed by atoms with E-state index in [1.807, 2.05) is 0 Å². The first-order chi connectivity index (χ1) is 8.68. The molecule has 18 heavy (non-hydrogen) atoms. The molecule has 1 aliphatic rings. The summed E-state index contributed by atoms with van der Waals surface area (Å²) in [5.41, 5.74) is -0.0250. The topological polar surface area (TPSA) is 21.3 Å². The molecule has 1 saturated carbocycles. The van der Waals surface area contributed by atoms with Gasteiger partial charge in [0.15, 0.2) is 0 Å². The van der Waals surface area contributed by atoms with Gasteiger partial charge in [-0.25, -0.2) is 0 Å². The van der Waals surface area contributed by atoms with Gasteiger partial charge in [-0.2, -0.15) is 0 Å². The average Bonchev–Trinajstić information content (AvgIpc) is 2.38. The summed E-state index contributed by atoms with van der Waals surface area (Å²) < 4.78 is 6.17. The van der Waals surface area contributed by atoms with Crippen LogP contribution < -0.4 is 5.32 Å². The van der Waals surface area contributed by atoms with Crippen LogP contribution in [-0.4, -0.2) is 24.8 Å². The Morgan fingerprint density at radius 2 is 2.06 bits per heavy atom. The molecule has 1 unspecified atom stereocenters. The third-order valence-electron chi connectivity index (χ3n) is 4.15. The fourth-order valence-electron chi connectivity index (χ4n) is 3.01. The molecule has 0 amide bonds. The van der Waals surface area contributed by atoms with Crippen LogP contribution in [0.5, 0.6) is 0 Å². The van der Waals surface area contributed by atoms with Gasteiger partial charge in [-0.3, -0.25) is 0 Å². The minimum atomic E-state index is -0.0250. The minimum Gasteiger partial charge on any atom is -0.374 e. The minimum absolute atomic E-state index is 0.0250. The van der Waals surface area contributed by atoms with Crippen molar-refractivity contribution >= 4 is 0 Å². The van der Waals surface area contributed by atoms with E-state index < -0.39 is 0 Å². The summed E-state index contributed by atoms with van der Waals surface area (Å²) in [6.45, 7) is 8.42. The van der Waals surface area contributed by atoms with Crippen LogP contribution in [0.1, 0.15) is 59.3 Å². The maximum atomic E-state index is 6.17. The lowest BCUT2D eigenvalue weighted by atomic mass is 9.74. The van der Waals surface area contributed by atoms with E-state index >= 15 is 0 Å². The summed E-state index contributed by atoms with van der Waals surface area (Å²) in [4.78, 5) is 0. The van der Waals surface area contributed by atoms with Gasteiger partial charge < -0.3 is 10.1 Å². The summed E-state index contributed by atoms with van der Waals surface area (Å²) in [6.07, 6.45) is 12.3. The lowest BCUT2D eigenvalue weighted by Gasteiger charge is -2.44. The molecule has 1 aliphatic carbocycles. The fourth-order valence-corrected chi connectivity index (χ4v) is 3.01. The highest BCUT2D eigenvalue weighted by Gasteiger charge is 2.41. The zero-order chi connectivity index (χ0) is 13.4. The van der Waals surface area contributed by atoms with Crippen molar-refractivity contribution in [1.82, 2.24) is 5.32 Å². The highest BCUT2D eigenvalue weighted by molar-refractivity contribution is 5.02. The van der Waals surface area contributed by atoms with Crippen molar-refractivity contribution in [2.24, 2.45) is 5.92 Å². The summed E-state index contributed by atoms with van der Waals surface area (Å²) >= 11 is 0. The van der Waals surface area contributed by atoms with E-state index in [1.165, 1.54) is 12.8 Å². The van der Waals surface area contributed by atoms with Gasteiger partial charge in [-0.1, -0.05) is 13.8 Å². The van der Waals surface area contributed by atoms with Crippen LogP contribution in [-0.2, 0) is 4.74 Å². The molecule has 0 aromatic heterocycles. The maximum absolute atomic E-state index is 6.17. The number of rotatable bonds is 7. The Kier molecular flexibility index (Phi) is 6.75. The van der Waals surface area contributed by atoms with E-state index in [-0.39, 0.29) is 5.60 Å². The molecule has 1 atom stereocenters. The molecule has 1 fully saturated rings. The van der Waals surface area contributed by atoms with Crippen molar-refractivity contribution in [2.45, 2.75) is 70.9 Å². The van der Waals surface area contributed by atoms with Crippen molar-refractivity contribution in [3.8, 4) is 12.3 Å². The summed E-state index contributed by atoms with van der Waals surface area (Å²) in [7, 11) is 0. The van der Waals surface area contributed by atoms with E-state index in [9.17, 15) is 0 Å². The largest absolute Gasteiger partial charge is 0.374 e. The lowest BCUT2D eigenvalue weighted by Crippen LogP contribution is -2.54. The van der Waals surface area contributed by atoms with Gasteiger partial charge in [-0.05, 0) is 51.5 Å². The van der Waals surface area contributed by atoms with Gasteiger partial charge >= 0.3 is 0 Å². The highest BCUT2D eigenvalue weighted by Crippen LogP contribution is 2.38. The van der Waals surface area contributed by atoms with Gasteiger partial charge in [0.05, 0.1) is 5.60 Å². The summed E-state index contributed by atoms with van der Waals surface area (Å²) in [6, 6.07) is 0.315. The van der Waals surface area contributed by atoms with Crippen LogP contribution in [0.3, 0.4) is 0 Å². The molecule has 0 aromatic carbocycles. The molecule has 2 heteroatoms. The second-order valence-electron chi connectivity index (χ2n) is 5.60. The molecule has 1 rings (SSSR count). The molecule has 0 radical (unpaired) electrons. The molecule has 104 valence electrons. The summed E-state index contributed by atoms with van der Waals surface area (Å²) in [5, 5.41) is 3.61. The number of hydrogen-bond acceptors (Lipinski definition) is 2. The molecule has 0 spiro atoms. The fraction of sp³-hybridized carbons (Fsp3) is 0.875. The third kappa shape index (κ3) is 4.00. The number of hydrogen-bond donors (Lipinski definition) is 1. The molecule has 0 aliphatic heterocycles. The zero-order valence-corrected chi connectivity index (χ0v) is 12.3. The van der Waals surface area contributed by atoms with Crippen LogP contribution in [0.15, 0.2) is 0 Å². The predicted molar refractivity (Wildman–Crippen MR) is 77.5 cm³/mol. The lowest BCUT2D eigenvalue weighted by molar-refractivity contribution is -0.0950. The second-order valence-corrected chi connectivity index (χ2v) is 5.60. The quantitative estimate of drug-likeness (QED) is 0.701. The predicted octanol–water partition coefficient (Wildman–Crippen LogP) is 3.36. The Hall–Kier alpha value is -0.520. The molecule has 0 aromatic rings. The number of terminal acetylenes is 1. The van der Waals surface area contributed by atoms with E-state index in [4.69, 9.17) is 11.2 Å². The molecule has 0 bridgehead atoms. The monoisotopic (exact) mass is 251 g/mol. The smallest absolute Gasteiger partial charge is 0.0844 e. The Morgan fingerprint density at radius 3 is 2.56 bits per heavy atom. The Bertz CT molecular complexity index is 261. The zero-order valence-electron chi connectivity index (χ0n) is 12.3. The van der Waals surface area contributed by atoms with Crippen molar-refractivity contribution < 1.29 is 4.74 Å². The van der Waals surface area contributed by atoms with Gasteiger partial charge in [0.25, 0.3) is 0 Å². The van der Waals surface area contributed by atoms with Gasteiger partial charge in [0, 0.05) is 19.1 Å². The maximum Gasteiger partial charge on any atom is 0.0844 e. The van der Waals surface area contributed by atoms with Crippen molar-refractivity contribution in [3.63, 3.8) is 0 Å². The van der Waals surface area contributed by atoms with Gasteiger partial charge in [-0.15, -0.1) is 12.3 Å². The Balaban J connectivity index is 2.75. The van der Waals surface area contributed by atoms with Crippen molar-refractivity contribution in [3.05, 3.63) is 0 Å². The van der Waals surface area contributed by atoms with Crippen molar-refractivity contribution in [2.75, 3.05) is 13.2 Å². The first kappa shape index (κ1) is 15.5. The van der Waals surface area contributed by atoms with Crippen LogP contribution >= 0.6 is 0 Å². The van der Waals surface area contributed by atoms with E-state index in [1.54, 1.807) is 0 Å². The summed E-state index contributed by atoms with van der Waals surface area (Å²) in [5.74, 6) is 3.66. The second kappa shape index (κ2) is 7.81. The molecule has 1 N–H and O–H groups in total. The third-order valence-corrected chi connectivity index (χ3v) is 4.15. The number of nitrogens with one attached hydrogen (secondary N) is 1. The van der Waals surface area contributed by atoms with E-state index in [2.05, 4.69) is 32.0 Å². The van der Waals surface area contributed by atoms with E-state index in [0.29, 0.717) is 6.04 Å². The van der Waals surface area contributed by atoms with Crippen LogP contribution in [0.2, 0.25) is 0 Å². The average molecular weight is 251 g/mol. The molecule has 0 heterocycles. The first-order valence-corrected chi connectivity index (χ1v) is 7.49. The molecule has 0 saturated heterocycles. The standard InChI is InChI=1S/C16H29NO/c1-5-8-15(17-13-6-2)16(18-7-3)11-9-14(4)10-12-16/h1,14-15,17H,6-13H2,2-4H3. The van der Waals surface area contributed by atoms with Gasteiger partial charge in [0.2, 0.25) is 0 Å². The SMILES string of the molecule is C#CCC(NCCC)C1(OCC)CCC(C)CC1. The van der Waals surface area contributed by atoms with E-state index in [0.717, 1.165) is 44.8 Å². The van der Waals surface area contributed by atoms with Crippen LogP contribution in [0, 0.1) is 18.3 Å². The number of ether oxygens (including phenoxy) is 1. The highest BCUT2D eigenvalue weighted by atomic mass is 16.5.